The molecule has 0 aromatic heterocycles. The molecule has 1 saturated heterocycles. The predicted octanol–water partition coefficient (Wildman–Crippen LogP) is 2.96. The second-order valence-corrected chi connectivity index (χ2v) is 7.49. The number of aliphatic carboxylic acids is 1. The fraction of sp³-hybridized carbons (Fsp3) is 0.381. The van der Waals surface area contributed by atoms with Crippen molar-refractivity contribution in [1.29, 1.82) is 0 Å². The van der Waals surface area contributed by atoms with Crippen LogP contribution in [0.4, 0.5) is 0 Å². The van der Waals surface area contributed by atoms with Gasteiger partial charge in [0.15, 0.2) is 17.6 Å². The van der Waals surface area contributed by atoms with Crippen LogP contribution in [0.3, 0.4) is 0 Å². The number of para-hydroxylation sites is 2. The number of carboxylic acid groups (broad SMARTS) is 1. The Hall–Kier alpha value is -2.53. The van der Waals surface area contributed by atoms with Gasteiger partial charge in [-0.25, -0.2) is 0 Å². The fourth-order valence-electron chi connectivity index (χ4n) is 4.39. The second kappa shape index (κ2) is 6.02. The lowest BCUT2D eigenvalue weighted by Crippen LogP contribution is -2.26. The molecule has 2 heterocycles. The van der Waals surface area contributed by atoms with Crippen LogP contribution in [0.25, 0.3) is 0 Å². The summed E-state index contributed by atoms with van der Waals surface area (Å²) in [5, 5.41) is 9.11. The number of piperidine rings is 1. The molecule has 2 fully saturated rings. The van der Waals surface area contributed by atoms with E-state index >= 15 is 0 Å². The molecule has 1 N–H and O–H groups in total. The van der Waals surface area contributed by atoms with Crippen LogP contribution < -0.4 is 9.47 Å². The average molecular weight is 351 g/mol. The van der Waals surface area contributed by atoms with E-state index in [1.165, 1.54) is 5.56 Å². The van der Waals surface area contributed by atoms with E-state index in [1.54, 1.807) is 0 Å². The van der Waals surface area contributed by atoms with Crippen LogP contribution in [0, 0.1) is 17.8 Å². The van der Waals surface area contributed by atoms with E-state index in [9.17, 15) is 4.79 Å². The van der Waals surface area contributed by atoms with E-state index in [-0.39, 0.29) is 12.0 Å². The van der Waals surface area contributed by atoms with Crippen molar-refractivity contribution >= 4 is 5.97 Å². The molecule has 3 atom stereocenters. The van der Waals surface area contributed by atoms with Crippen molar-refractivity contribution in [3.05, 3.63) is 59.7 Å². The van der Waals surface area contributed by atoms with Gasteiger partial charge in [0.2, 0.25) is 0 Å². The maximum absolute atomic E-state index is 11.1. The van der Waals surface area contributed by atoms with Gasteiger partial charge in [0.1, 0.15) is 6.61 Å². The highest BCUT2D eigenvalue weighted by Crippen LogP contribution is 2.52. The number of likely N-dealkylation sites (tertiary alicyclic amines) is 1. The van der Waals surface area contributed by atoms with Crippen molar-refractivity contribution in [3.8, 4) is 11.5 Å². The molecule has 0 radical (unpaired) electrons. The summed E-state index contributed by atoms with van der Waals surface area (Å²) in [6.45, 7) is 3.20. The minimum Gasteiger partial charge on any atom is -0.485 e. The highest BCUT2D eigenvalue weighted by molar-refractivity contribution is 5.74. The van der Waals surface area contributed by atoms with E-state index in [0.717, 1.165) is 36.7 Å². The smallest absolute Gasteiger partial charge is 0.307 e. The first-order valence-electron chi connectivity index (χ1n) is 9.11. The summed E-state index contributed by atoms with van der Waals surface area (Å²) in [5.41, 5.74) is 2.36. The third-order valence-corrected chi connectivity index (χ3v) is 5.82. The van der Waals surface area contributed by atoms with Crippen LogP contribution >= 0.6 is 0 Å². The number of rotatable bonds is 4. The van der Waals surface area contributed by atoms with Gasteiger partial charge < -0.3 is 14.6 Å². The third kappa shape index (κ3) is 2.72. The van der Waals surface area contributed by atoms with Gasteiger partial charge in [0, 0.05) is 19.6 Å². The molecule has 3 aliphatic rings. The molecular weight excluding hydrogens is 330 g/mol. The zero-order chi connectivity index (χ0) is 17.7. The lowest BCUT2D eigenvalue weighted by molar-refractivity contribution is -0.139. The van der Waals surface area contributed by atoms with Gasteiger partial charge in [-0.3, -0.25) is 9.69 Å². The van der Waals surface area contributed by atoms with Gasteiger partial charge >= 0.3 is 5.97 Å². The van der Waals surface area contributed by atoms with E-state index in [1.807, 2.05) is 24.3 Å². The predicted molar refractivity (Wildman–Crippen MR) is 95.1 cm³/mol. The van der Waals surface area contributed by atoms with E-state index in [4.69, 9.17) is 14.6 Å². The molecule has 26 heavy (non-hydrogen) atoms. The number of fused-ring (bicyclic) bond motifs is 2. The zero-order valence-electron chi connectivity index (χ0n) is 14.4. The largest absolute Gasteiger partial charge is 0.485 e. The van der Waals surface area contributed by atoms with Gasteiger partial charge in [0.05, 0.1) is 5.92 Å². The number of benzene rings is 2. The van der Waals surface area contributed by atoms with Crippen molar-refractivity contribution in [2.24, 2.45) is 17.8 Å². The number of hydrogen-bond acceptors (Lipinski definition) is 4. The van der Waals surface area contributed by atoms with Gasteiger partial charge in [0.25, 0.3) is 0 Å². The SMILES string of the molecule is O=C(O)C1C2CN(Cc3ccc(C4COc5ccccc5O4)cc3)CC21. The maximum Gasteiger partial charge on any atom is 0.307 e. The van der Waals surface area contributed by atoms with Crippen LogP contribution in [-0.4, -0.2) is 35.7 Å². The molecule has 5 nitrogen and oxygen atoms in total. The zero-order valence-corrected chi connectivity index (χ0v) is 14.4. The molecule has 5 rings (SSSR count). The lowest BCUT2D eigenvalue weighted by Gasteiger charge is -2.27. The van der Waals surface area contributed by atoms with Crippen molar-refractivity contribution in [1.82, 2.24) is 4.90 Å². The Bertz CT molecular complexity index is 822. The average Bonchev–Trinajstić information content (AvgIpc) is 3.19. The lowest BCUT2D eigenvalue weighted by atomic mass is 10.1. The van der Waals surface area contributed by atoms with Crippen LogP contribution in [0.2, 0.25) is 0 Å². The number of hydrogen-bond donors (Lipinski definition) is 1. The molecule has 2 aromatic carbocycles. The van der Waals surface area contributed by atoms with E-state index in [0.29, 0.717) is 18.4 Å². The summed E-state index contributed by atoms with van der Waals surface area (Å²) in [6, 6.07) is 16.2. The molecule has 1 aliphatic carbocycles. The number of nitrogens with zero attached hydrogens (tertiary/aromatic N) is 1. The Kier molecular flexibility index (Phi) is 3.64. The first-order chi connectivity index (χ1) is 12.7. The van der Waals surface area contributed by atoms with Gasteiger partial charge in [-0.1, -0.05) is 36.4 Å². The summed E-state index contributed by atoms with van der Waals surface area (Å²) in [7, 11) is 0. The van der Waals surface area contributed by atoms with Crippen LogP contribution in [0.5, 0.6) is 11.5 Å². The van der Waals surface area contributed by atoms with E-state index < -0.39 is 5.97 Å². The summed E-state index contributed by atoms with van der Waals surface area (Å²) >= 11 is 0. The van der Waals surface area contributed by atoms with Crippen LogP contribution in [-0.2, 0) is 11.3 Å². The Balaban J connectivity index is 1.20. The summed E-state index contributed by atoms with van der Waals surface area (Å²) < 4.78 is 11.8. The van der Waals surface area contributed by atoms with Gasteiger partial charge in [-0.15, -0.1) is 0 Å². The highest BCUT2D eigenvalue weighted by Gasteiger charge is 2.59. The van der Waals surface area contributed by atoms with Crippen molar-refractivity contribution in [2.45, 2.75) is 12.6 Å². The Morgan fingerprint density at radius 1 is 1.04 bits per heavy atom. The minimum atomic E-state index is -0.625. The molecule has 134 valence electrons. The second-order valence-electron chi connectivity index (χ2n) is 7.49. The highest BCUT2D eigenvalue weighted by atomic mass is 16.6. The molecule has 0 spiro atoms. The van der Waals surface area contributed by atoms with Crippen molar-refractivity contribution in [2.75, 3.05) is 19.7 Å². The maximum atomic E-state index is 11.1. The van der Waals surface area contributed by atoms with E-state index in [2.05, 4.69) is 29.2 Å². The first kappa shape index (κ1) is 15.7. The fourth-order valence-corrected chi connectivity index (χ4v) is 4.39. The first-order valence-corrected chi connectivity index (χ1v) is 9.11. The Labute approximate surface area is 152 Å². The van der Waals surface area contributed by atoms with Gasteiger partial charge in [-0.05, 0) is 35.1 Å². The number of ether oxygens (including phenoxy) is 2. The Morgan fingerprint density at radius 3 is 2.42 bits per heavy atom. The number of carbonyl (C=O) groups is 1. The Morgan fingerprint density at radius 2 is 1.73 bits per heavy atom. The summed E-state index contributed by atoms with van der Waals surface area (Å²) in [5.74, 6) is 1.59. The molecule has 3 unspecified atom stereocenters. The van der Waals surface area contributed by atoms with Crippen molar-refractivity contribution < 1.29 is 19.4 Å². The quantitative estimate of drug-likeness (QED) is 0.918. The summed E-state index contributed by atoms with van der Waals surface area (Å²) in [4.78, 5) is 13.4. The van der Waals surface area contributed by atoms with Crippen LogP contribution in [0.1, 0.15) is 17.2 Å². The molecule has 1 saturated carbocycles. The molecule has 0 amide bonds. The molecule has 0 bridgehead atoms. The molecular formula is C21H21NO4. The molecule has 2 aromatic rings. The molecule has 2 aliphatic heterocycles. The van der Waals surface area contributed by atoms with Crippen molar-refractivity contribution in [3.63, 3.8) is 0 Å². The number of carboxylic acids is 1. The van der Waals surface area contributed by atoms with Gasteiger partial charge in [-0.2, -0.15) is 0 Å². The normalized spacial score (nSPS) is 29.2. The van der Waals surface area contributed by atoms with Crippen LogP contribution in [0.15, 0.2) is 48.5 Å². The summed E-state index contributed by atoms with van der Waals surface area (Å²) in [6.07, 6.45) is -0.0882. The minimum absolute atomic E-state index is 0.0882. The third-order valence-electron chi connectivity index (χ3n) is 5.82. The topological polar surface area (TPSA) is 59.0 Å². The molecule has 5 heteroatoms. The standard InChI is InChI=1S/C21H21NO4/c23-21(24)20-15-10-22(11-16(15)20)9-13-5-7-14(8-6-13)19-12-25-17-3-1-2-4-18(17)26-19/h1-8,15-16,19-20H,9-12H2,(H,23,24). The monoisotopic (exact) mass is 351 g/mol.